The maximum Gasteiger partial charge on any atom is 0.0543 e. The predicted octanol–water partition coefficient (Wildman–Crippen LogP) is 8.39. The van der Waals surface area contributed by atoms with Crippen molar-refractivity contribution >= 4 is 0 Å². The molecule has 9 atom stereocenters. The van der Waals surface area contributed by atoms with Crippen LogP contribution < -0.4 is 0 Å². The van der Waals surface area contributed by atoms with Gasteiger partial charge in [0.2, 0.25) is 0 Å². The lowest BCUT2D eigenvalue weighted by atomic mass is 9.44. The topological polar surface area (TPSA) is 20.2 Å². The molecule has 5 saturated carbocycles. The zero-order chi connectivity index (χ0) is 21.6. The molecule has 0 aromatic rings. The summed E-state index contributed by atoms with van der Waals surface area (Å²) < 4.78 is 0. The number of aliphatic hydroxyl groups excluding tert-OH is 1. The van der Waals surface area contributed by atoms with Crippen molar-refractivity contribution in [2.75, 3.05) is 0 Å². The number of hydrogen-bond donors (Lipinski definition) is 1. The Balaban J connectivity index is 1.24. The van der Waals surface area contributed by atoms with Crippen LogP contribution in [0.25, 0.3) is 0 Å². The summed E-state index contributed by atoms with van der Waals surface area (Å²) in [5.41, 5.74) is 1.16. The van der Waals surface area contributed by atoms with Crippen molar-refractivity contribution in [3.8, 4) is 0 Å². The fourth-order valence-electron chi connectivity index (χ4n) is 10.6. The fourth-order valence-corrected chi connectivity index (χ4v) is 10.6. The van der Waals surface area contributed by atoms with Gasteiger partial charge in [-0.2, -0.15) is 0 Å². The summed E-state index contributed by atoms with van der Waals surface area (Å²) in [5, 5.41) is 10.3. The van der Waals surface area contributed by atoms with E-state index in [-0.39, 0.29) is 6.10 Å². The molecule has 5 aliphatic carbocycles. The van der Waals surface area contributed by atoms with Gasteiger partial charge in [0.1, 0.15) is 0 Å². The normalized spacial score (nSPS) is 49.5. The molecule has 0 heterocycles. The molecule has 31 heavy (non-hydrogen) atoms. The Labute approximate surface area is 193 Å². The monoisotopic (exact) mass is 428 g/mol. The summed E-state index contributed by atoms with van der Waals surface area (Å²) in [6.07, 6.45) is 24.4. The van der Waals surface area contributed by atoms with Gasteiger partial charge >= 0.3 is 0 Å². The van der Waals surface area contributed by atoms with E-state index in [1.165, 1.54) is 96.3 Å². The second-order valence-corrected chi connectivity index (χ2v) is 13.7. The first-order valence-corrected chi connectivity index (χ1v) is 14.6. The molecule has 0 radical (unpaired) electrons. The van der Waals surface area contributed by atoms with Crippen molar-refractivity contribution in [1.29, 1.82) is 0 Å². The van der Waals surface area contributed by atoms with Gasteiger partial charge in [-0.15, -0.1) is 0 Å². The van der Waals surface area contributed by atoms with E-state index in [2.05, 4.69) is 20.8 Å². The van der Waals surface area contributed by atoms with Gasteiger partial charge in [-0.25, -0.2) is 0 Å². The maximum atomic E-state index is 10.3. The first kappa shape index (κ1) is 22.7. The molecule has 0 aromatic carbocycles. The van der Waals surface area contributed by atoms with E-state index < -0.39 is 0 Å². The lowest BCUT2D eigenvalue weighted by Gasteiger charge is -2.61. The van der Waals surface area contributed by atoms with Crippen LogP contribution in [0.4, 0.5) is 0 Å². The van der Waals surface area contributed by atoms with Crippen LogP contribution in [0.2, 0.25) is 0 Å². The van der Waals surface area contributed by atoms with Crippen LogP contribution in [0, 0.1) is 52.3 Å². The molecule has 1 heteroatoms. The summed E-state index contributed by atoms with van der Waals surface area (Å²) in [7, 11) is 0. The van der Waals surface area contributed by atoms with Gasteiger partial charge < -0.3 is 5.11 Å². The number of hydrogen-bond acceptors (Lipinski definition) is 1. The Morgan fingerprint density at radius 2 is 1.48 bits per heavy atom. The highest BCUT2D eigenvalue weighted by atomic mass is 16.3. The Morgan fingerprint density at radius 3 is 2.26 bits per heavy atom. The molecule has 0 amide bonds. The molecule has 0 bridgehead atoms. The van der Waals surface area contributed by atoms with Crippen LogP contribution in [-0.2, 0) is 0 Å². The van der Waals surface area contributed by atoms with Gasteiger partial charge in [0.05, 0.1) is 6.10 Å². The summed E-state index contributed by atoms with van der Waals surface area (Å²) in [6.45, 7) is 8.03. The lowest BCUT2D eigenvalue weighted by molar-refractivity contribution is -0.129. The van der Waals surface area contributed by atoms with Crippen LogP contribution in [0.1, 0.15) is 130 Å². The smallest absolute Gasteiger partial charge is 0.0543 e. The molecule has 5 rings (SSSR count). The second kappa shape index (κ2) is 8.96. The largest absolute Gasteiger partial charge is 0.393 e. The molecule has 2 unspecified atom stereocenters. The molecule has 0 saturated heterocycles. The van der Waals surface area contributed by atoms with E-state index in [1.54, 1.807) is 0 Å². The quantitative estimate of drug-likeness (QED) is 0.446. The van der Waals surface area contributed by atoms with Crippen LogP contribution in [0.3, 0.4) is 0 Å². The molecule has 5 aliphatic rings. The minimum Gasteiger partial charge on any atom is -0.393 e. The van der Waals surface area contributed by atoms with E-state index in [4.69, 9.17) is 0 Å². The van der Waals surface area contributed by atoms with Crippen molar-refractivity contribution in [2.45, 2.75) is 136 Å². The second-order valence-electron chi connectivity index (χ2n) is 13.7. The molecular formula is C30H52O. The van der Waals surface area contributed by atoms with Gasteiger partial charge in [0.25, 0.3) is 0 Å². The van der Waals surface area contributed by atoms with Crippen LogP contribution in [0.5, 0.6) is 0 Å². The standard InChI is InChI=1S/C30H52O/c1-21(10-11-22-8-6-4-5-7-9-22)26-14-15-27-25-13-12-23-20-24(31)16-18-29(23,2)28(25)17-19-30(26,27)3/h21-28,31H,4-20H2,1-3H3/t21-,23?,24+,25?,26-,27+,28+,29+,30-/m1/s1. The molecule has 1 nitrogen and oxygen atoms in total. The minimum atomic E-state index is -0.00588. The first-order valence-electron chi connectivity index (χ1n) is 14.6. The lowest BCUT2D eigenvalue weighted by Crippen LogP contribution is -2.54. The van der Waals surface area contributed by atoms with E-state index in [0.29, 0.717) is 10.8 Å². The Bertz CT molecular complexity index is 606. The van der Waals surface area contributed by atoms with Crippen molar-refractivity contribution in [2.24, 2.45) is 52.3 Å². The van der Waals surface area contributed by atoms with Gasteiger partial charge in [0, 0.05) is 0 Å². The third kappa shape index (κ3) is 4.06. The summed E-state index contributed by atoms with van der Waals surface area (Å²) >= 11 is 0. The van der Waals surface area contributed by atoms with E-state index in [9.17, 15) is 5.11 Å². The Morgan fingerprint density at radius 1 is 0.774 bits per heavy atom. The average Bonchev–Trinajstić information content (AvgIpc) is 2.92. The summed E-state index contributed by atoms with van der Waals surface area (Å²) in [4.78, 5) is 0. The van der Waals surface area contributed by atoms with E-state index >= 15 is 0 Å². The van der Waals surface area contributed by atoms with Crippen molar-refractivity contribution in [3.05, 3.63) is 0 Å². The minimum absolute atomic E-state index is 0.00588. The molecule has 5 fully saturated rings. The third-order valence-corrected chi connectivity index (χ3v) is 12.4. The van der Waals surface area contributed by atoms with Gasteiger partial charge in [-0.05, 0) is 110 Å². The average molecular weight is 429 g/mol. The van der Waals surface area contributed by atoms with Gasteiger partial charge in [-0.3, -0.25) is 0 Å². The summed E-state index contributed by atoms with van der Waals surface area (Å²) in [5.74, 6) is 6.72. The molecule has 0 spiro atoms. The molecule has 178 valence electrons. The van der Waals surface area contributed by atoms with Crippen molar-refractivity contribution < 1.29 is 5.11 Å². The Hall–Kier alpha value is -0.0400. The Kier molecular flexibility index (Phi) is 6.57. The number of fused-ring (bicyclic) bond motifs is 5. The van der Waals surface area contributed by atoms with Gasteiger partial charge in [-0.1, -0.05) is 72.1 Å². The van der Waals surface area contributed by atoms with Crippen molar-refractivity contribution in [3.63, 3.8) is 0 Å². The number of rotatable bonds is 4. The van der Waals surface area contributed by atoms with E-state index in [0.717, 1.165) is 54.3 Å². The highest BCUT2D eigenvalue weighted by Crippen LogP contribution is 2.68. The fraction of sp³-hybridized carbons (Fsp3) is 1.00. The highest BCUT2D eigenvalue weighted by molar-refractivity contribution is 5.09. The first-order chi connectivity index (χ1) is 14.9. The molecular weight excluding hydrogens is 376 g/mol. The predicted molar refractivity (Wildman–Crippen MR) is 131 cm³/mol. The van der Waals surface area contributed by atoms with Crippen LogP contribution >= 0.6 is 0 Å². The van der Waals surface area contributed by atoms with Crippen LogP contribution in [0.15, 0.2) is 0 Å². The van der Waals surface area contributed by atoms with E-state index in [1.807, 2.05) is 0 Å². The molecule has 1 N–H and O–H groups in total. The maximum absolute atomic E-state index is 10.3. The third-order valence-electron chi connectivity index (χ3n) is 12.4. The zero-order valence-electron chi connectivity index (χ0n) is 21.1. The molecule has 0 aliphatic heterocycles. The SMILES string of the molecule is C[C@H](CCC1CCCCCC1)[C@H]1CC[C@H]2C3CCC4C[C@@H](O)CC[C@]4(C)[C@H]3CC[C@]12C. The molecule has 0 aromatic heterocycles. The zero-order valence-corrected chi connectivity index (χ0v) is 21.1. The van der Waals surface area contributed by atoms with Crippen LogP contribution in [-0.4, -0.2) is 11.2 Å². The number of aliphatic hydroxyl groups is 1. The van der Waals surface area contributed by atoms with Gasteiger partial charge in [0.15, 0.2) is 0 Å². The summed E-state index contributed by atoms with van der Waals surface area (Å²) in [6, 6.07) is 0. The highest BCUT2D eigenvalue weighted by Gasteiger charge is 2.60. The van der Waals surface area contributed by atoms with Crippen molar-refractivity contribution in [1.82, 2.24) is 0 Å².